The van der Waals surface area contributed by atoms with Gasteiger partial charge in [-0.15, -0.1) is 0 Å². The molecule has 0 saturated heterocycles. The number of sulfonamides is 1. The molecule has 1 unspecified atom stereocenters. The average molecular weight is 327 g/mol. The predicted octanol–water partition coefficient (Wildman–Crippen LogP) is 2.19. The Morgan fingerprint density at radius 2 is 2.11 bits per heavy atom. The van der Waals surface area contributed by atoms with Crippen LogP contribution in [0.25, 0.3) is 0 Å². The Bertz CT molecular complexity index is 561. The van der Waals surface area contributed by atoms with Crippen molar-refractivity contribution in [2.45, 2.75) is 11.8 Å². The summed E-state index contributed by atoms with van der Waals surface area (Å²) in [5.74, 6) is -0.243. The minimum atomic E-state index is -3.72. The van der Waals surface area contributed by atoms with Gasteiger partial charge in [0.2, 0.25) is 10.0 Å². The molecule has 18 heavy (non-hydrogen) atoms. The maximum absolute atomic E-state index is 12.0. The van der Waals surface area contributed by atoms with Crippen LogP contribution in [0, 0.1) is 5.92 Å². The van der Waals surface area contributed by atoms with E-state index < -0.39 is 10.0 Å². The molecule has 0 aliphatic rings. The number of nitrogens with two attached hydrogens (primary N) is 1. The molecule has 1 aromatic carbocycles. The van der Waals surface area contributed by atoms with Crippen LogP contribution >= 0.6 is 35.4 Å². The third kappa shape index (κ3) is 4.07. The molecular formula is C10H12Cl2N2O2S2. The molecule has 8 heteroatoms. The van der Waals surface area contributed by atoms with Gasteiger partial charge in [-0.1, -0.05) is 42.3 Å². The fraction of sp³-hybridized carbons (Fsp3) is 0.300. The van der Waals surface area contributed by atoms with Gasteiger partial charge in [0, 0.05) is 17.5 Å². The quantitative estimate of drug-likeness (QED) is 0.813. The van der Waals surface area contributed by atoms with Gasteiger partial charge in [-0.25, -0.2) is 13.1 Å². The van der Waals surface area contributed by atoms with Crippen molar-refractivity contribution in [3.05, 3.63) is 28.2 Å². The average Bonchev–Trinajstić information content (AvgIpc) is 2.29. The number of benzene rings is 1. The van der Waals surface area contributed by atoms with Gasteiger partial charge >= 0.3 is 0 Å². The van der Waals surface area contributed by atoms with Gasteiger partial charge in [-0.3, -0.25) is 0 Å². The van der Waals surface area contributed by atoms with Crippen LogP contribution < -0.4 is 10.5 Å². The summed E-state index contributed by atoms with van der Waals surface area (Å²) in [6.45, 7) is 1.84. The van der Waals surface area contributed by atoms with E-state index in [1.807, 2.05) is 0 Å². The van der Waals surface area contributed by atoms with E-state index >= 15 is 0 Å². The Kier molecular flexibility index (Phi) is 5.36. The van der Waals surface area contributed by atoms with Gasteiger partial charge in [0.15, 0.2) is 0 Å². The van der Waals surface area contributed by atoms with Crippen LogP contribution in [0.3, 0.4) is 0 Å². The SMILES string of the molecule is CC(CNS(=O)(=O)c1cc(Cl)ccc1Cl)C(N)=S. The van der Waals surface area contributed by atoms with Crippen LogP contribution in [0.5, 0.6) is 0 Å². The van der Waals surface area contributed by atoms with Gasteiger partial charge in [0.25, 0.3) is 0 Å². The molecule has 0 aromatic heterocycles. The van der Waals surface area contributed by atoms with E-state index in [4.69, 9.17) is 41.2 Å². The summed E-state index contributed by atoms with van der Waals surface area (Å²) in [7, 11) is -3.72. The molecule has 0 spiro atoms. The topological polar surface area (TPSA) is 72.2 Å². The fourth-order valence-corrected chi connectivity index (χ4v) is 3.07. The molecule has 100 valence electrons. The van der Waals surface area contributed by atoms with Gasteiger partial charge < -0.3 is 5.73 Å². The lowest BCUT2D eigenvalue weighted by atomic mass is 10.2. The molecule has 0 bridgehead atoms. The van der Waals surface area contributed by atoms with Crippen LogP contribution in [0.15, 0.2) is 23.1 Å². The van der Waals surface area contributed by atoms with Crippen molar-refractivity contribution in [3.63, 3.8) is 0 Å². The standard InChI is InChI=1S/C10H12Cl2N2O2S2/c1-6(10(13)17)5-14-18(15,16)9-4-7(11)2-3-8(9)12/h2-4,6,14H,5H2,1H3,(H2,13,17). The summed E-state index contributed by atoms with van der Waals surface area (Å²) in [5, 5.41) is 0.400. The first-order valence-corrected chi connectivity index (χ1v) is 7.63. The third-order valence-electron chi connectivity index (χ3n) is 2.25. The lowest BCUT2D eigenvalue weighted by Crippen LogP contribution is -2.33. The number of hydrogen-bond acceptors (Lipinski definition) is 3. The van der Waals surface area contributed by atoms with Crippen molar-refractivity contribution in [2.75, 3.05) is 6.54 Å². The Balaban J connectivity index is 2.93. The molecule has 3 N–H and O–H groups in total. The second kappa shape index (κ2) is 6.16. The highest BCUT2D eigenvalue weighted by molar-refractivity contribution is 7.89. The maximum atomic E-state index is 12.0. The second-order valence-electron chi connectivity index (χ2n) is 3.73. The molecule has 0 fully saturated rings. The summed E-state index contributed by atoms with van der Waals surface area (Å²) < 4.78 is 26.4. The van der Waals surface area contributed by atoms with Crippen molar-refractivity contribution in [1.82, 2.24) is 4.72 Å². The van der Waals surface area contributed by atoms with Crippen molar-refractivity contribution in [1.29, 1.82) is 0 Å². The van der Waals surface area contributed by atoms with Gasteiger partial charge in [-0.05, 0) is 18.2 Å². The Morgan fingerprint density at radius 1 is 1.50 bits per heavy atom. The molecule has 1 atom stereocenters. The summed E-state index contributed by atoms with van der Waals surface area (Å²) in [6.07, 6.45) is 0. The first-order valence-electron chi connectivity index (χ1n) is 4.98. The molecular weight excluding hydrogens is 315 g/mol. The number of halogens is 2. The van der Waals surface area contributed by atoms with Crippen LogP contribution in [0.4, 0.5) is 0 Å². The van der Waals surface area contributed by atoms with E-state index in [2.05, 4.69) is 4.72 Å². The monoisotopic (exact) mass is 326 g/mol. The van der Waals surface area contributed by atoms with Crippen molar-refractivity contribution >= 4 is 50.4 Å². The highest BCUT2D eigenvalue weighted by atomic mass is 35.5. The number of rotatable bonds is 5. The van der Waals surface area contributed by atoms with E-state index in [0.29, 0.717) is 5.02 Å². The van der Waals surface area contributed by atoms with Crippen molar-refractivity contribution in [3.8, 4) is 0 Å². The first-order chi connectivity index (χ1) is 8.24. The van der Waals surface area contributed by atoms with Gasteiger partial charge in [0.1, 0.15) is 4.90 Å². The lowest BCUT2D eigenvalue weighted by molar-refractivity contribution is 0.575. The summed E-state index contributed by atoms with van der Waals surface area (Å²) in [6, 6.07) is 4.23. The molecule has 0 amide bonds. The highest BCUT2D eigenvalue weighted by Crippen LogP contribution is 2.24. The third-order valence-corrected chi connectivity index (χ3v) is 4.79. The van der Waals surface area contributed by atoms with E-state index in [0.717, 1.165) is 0 Å². The molecule has 0 heterocycles. The van der Waals surface area contributed by atoms with Crippen LogP contribution in [0.1, 0.15) is 6.92 Å². The van der Waals surface area contributed by atoms with E-state index in [-0.39, 0.29) is 27.4 Å². The molecule has 1 rings (SSSR count). The molecule has 0 aliphatic carbocycles. The Hall–Kier alpha value is -0.400. The summed E-state index contributed by atoms with van der Waals surface area (Å²) >= 11 is 16.3. The molecule has 0 saturated carbocycles. The highest BCUT2D eigenvalue weighted by Gasteiger charge is 2.19. The predicted molar refractivity (Wildman–Crippen MR) is 77.6 cm³/mol. The van der Waals surface area contributed by atoms with Crippen molar-refractivity contribution < 1.29 is 8.42 Å². The largest absolute Gasteiger partial charge is 0.393 e. The Labute approximate surface area is 122 Å². The van der Waals surface area contributed by atoms with Gasteiger partial charge in [0.05, 0.1) is 10.0 Å². The van der Waals surface area contributed by atoms with Crippen LogP contribution in [0.2, 0.25) is 10.0 Å². The van der Waals surface area contributed by atoms with E-state index in [1.54, 1.807) is 6.92 Å². The number of nitrogens with one attached hydrogen (secondary N) is 1. The molecule has 0 radical (unpaired) electrons. The fourth-order valence-electron chi connectivity index (χ4n) is 1.10. The normalized spacial score (nSPS) is 13.3. The lowest BCUT2D eigenvalue weighted by Gasteiger charge is -2.12. The van der Waals surface area contributed by atoms with Crippen LogP contribution in [-0.2, 0) is 10.0 Å². The minimum Gasteiger partial charge on any atom is -0.393 e. The summed E-state index contributed by atoms with van der Waals surface area (Å²) in [5.41, 5.74) is 5.41. The van der Waals surface area contributed by atoms with Gasteiger partial charge in [-0.2, -0.15) is 0 Å². The molecule has 1 aromatic rings. The Morgan fingerprint density at radius 3 is 2.67 bits per heavy atom. The second-order valence-corrected chi connectivity index (χ2v) is 6.78. The van der Waals surface area contributed by atoms with Crippen molar-refractivity contribution in [2.24, 2.45) is 11.7 Å². The zero-order valence-corrected chi connectivity index (χ0v) is 12.6. The maximum Gasteiger partial charge on any atom is 0.242 e. The molecule has 4 nitrogen and oxygen atoms in total. The van der Waals surface area contributed by atoms with E-state index in [9.17, 15) is 8.42 Å². The number of thiocarbonyl (C=S) groups is 1. The zero-order chi connectivity index (χ0) is 13.9. The van der Waals surface area contributed by atoms with E-state index in [1.165, 1.54) is 18.2 Å². The van der Waals surface area contributed by atoms with Crippen LogP contribution in [-0.4, -0.2) is 20.0 Å². The zero-order valence-electron chi connectivity index (χ0n) is 9.48. The summed E-state index contributed by atoms with van der Waals surface area (Å²) in [4.78, 5) is 0.182. The first kappa shape index (κ1) is 15.7. The number of hydrogen-bond donors (Lipinski definition) is 2. The minimum absolute atomic E-state index is 0.0631. The smallest absolute Gasteiger partial charge is 0.242 e. The molecule has 0 aliphatic heterocycles.